The van der Waals surface area contributed by atoms with Crippen LogP contribution in [0.15, 0.2) is 34.9 Å². The van der Waals surface area contributed by atoms with E-state index in [1.54, 1.807) is 0 Å². The molecule has 0 aliphatic heterocycles. The van der Waals surface area contributed by atoms with Crippen molar-refractivity contribution in [3.8, 4) is 0 Å². The van der Waals surface area contributed by atoms with Crippen LogP contribution in [0.25, 0.3) is 0 Å². The minimum absolute atomic E-state index is 0.150. The first kappa shape index (κ1) is 15.7. The van der Waals surface area contributed by atoms with Crippen molar-refractivity contribution < 1.29 is 4.52 Å². The zero-order valence-corrected chi connectivity index (χ0v) is 13.2. The normalized spacial score (nSPS) is 13.3. The molecule has 0 fully saturated rings. The summed E-state index contributed by atoms with van der Waals surface area (Å²) >= 11 is 0. The van der Waals surface area contributed by atoms with Gasteiger partial charge in [-0.1, -0.05) is 49.3 Å². The van der Waals surface area contributed by atoms with Gasteiger partial charge in [-0.15, -0.1) is 0 Å². The van der Waals surface area contributed by atoms with Crippen molar-refractivity contribution in [2.45, 2.75) is 57.9 Å². The summed E-state index contributed by atoms with van der Waals surface area (Å²) < 4.78 is 5.43. The smallest absolute Gasteiger partial charge is 0.226 e. The summed E-state index contributed by atoms with van der Waals surface area (Å²) in [5, 5.41) is 4.26. The van der Waals surface area contributed by atoms with Gasteiger partial charge in [-0.3, -0.25) is 0 Å². The van der Waals surface area contributed by atoms with Gasteiger partial charge in [-0.05, 0) is 31.7 Å². The van der Waals surface area contributed by atoms with Crippen molar-refractivity contribution in [1.29, 1.82) is 0 Å². The number of hydrogen-bond acceptors (Lipinski definition) is 4. The van der Waals surface area contributed by atoms with Gasteiger partial charge in [0.25, 0.3) is 0 Å². The second kappa shape index (κ2) is 6.85. The van der Waals surface area contributed by atoms with Crippen LogP contribution in [-0.4, -0.2) is 16.2 Å². The zero-order valence-electron chi connectivity index (χ0n) is 13.2. The first-order valence-electron chi connectivity index (χ1n) is 7.76. The van der Waals surface area contributed by atoms with Crippen molar-refractivity contribution >= 4 is 0 Å². The second-order valence-corrected chi connectivity index (χ2v) is 5.68. The Morgan fingerprint density at radius 1 is 1.19 bits per heavy atom. The molecule has 2 N–H and O–H groups in total. The molecule has 2 rings (SSSR count). The number of rotatable bonds is 7. The molecule has 0 spiro atoms. The van der Waals surface area contributed by atoms with Crippen molar-refractivity contribution in [3.05, 3.63) is 47.6 Å². The Hall–Kier alpha value is -1.68. The molecule has 1 aromatic heterocycles. The Kier molecular flexibility index (Phi) is 5.12. The summed E-state index contributed by atoms with van der Waals surface area (Å²) in [4.78, 5) is 4.64. The molecule has 0 amide bonds. The molecule has 0 saturated heterocycles. The quantitative estimate of drug-likeness (QED) is 0.847. The third-order valence-electron chi connectivity index (χ3n) is 4.24. The van der Waals surface area contributed by atoms with E-state index in [0.717, 1.165) is 31.5 Å². The lowest BCUT2D eigenvalue weighted by Crippen LogP contribution is -2.27. The number of hydrogen-bond donors (Lipinski definition) is 1. The number of aryl methyl sites for hydroxylation is 1. The maximum atomic E-state index is 5.79. The summed E-state index contributed by atoms with van der Waals surface area (Å²) in [6.45, 7) is 6.34. The van der Waals surface area contributed by atoms with E-state index in [4.69, 9.17) is 10.3 Å². The molecule has 0 saturated carbocycles. The Morgan fingerprint density at radius 2 is 1.86 bits per heavy atom. The summed E-state index contributed by atoms with van der Waals surface area (Å²) in [7, 11) is 0. The molecular weight excluding hydrogens is 262 g/mol. The van der Waals surface area contributed by atoms with E-state index in [-0.39, 0.29) is 11.5 Å². The average molecular weight is 287 g/mol. The summed E-state index contributed by atoms with van der Waals surface area (Å²) in [5.41, 5.74) is 6.86. The monoisotopic (exact) mass is 287 g/mol. The lowest BCUT2D eigenvalue weighted by molar-refractivity contribution is 0.350. The SMILES string of the molecule is CCC(CC)(c1ccccc1)c1noc(CCC(C)N)n1. The topological polar surface area (TPSA) is 64.9 Å². The Labute approximate surface area is 126 Å². The predicted octanol–water partition coefficient (Wildman–Crippen LogP) is 3.46. The van der Waals surface area contributed by atoms with Gasteiger partial charge in [0, 0.05) is 12.5 Å². The lowest BCUT2D eigenvalue weighted by Gasteiger charge is -2.28. The Balaban J connectivity index is 2.31. The minimum atomic E-state index is -0.169. The predicted molar refractivity (Wildman–Crippen MR) is 84.1 cm³/mol. The van der Waals surface area contributed by atoms with E-state index in [9.17, 15) is 0 Å². The lowest BCUT2D eigenvalue weighted by atomic mass is 9.75. The Morgan fingerprint density at radius 3 is 2.43 bits per heavy atom. The highest BCUT2D eigenvalue weighted by Crippen LogP contribution is 2.36. The van der Waals surface area contributed by atoms with Gasteiger partial charge in [0.15, 0.2) is 5.82 Å². The molecule has 2 aromatic rings. The molecule has 1 heterocycles. The van der Waals surface area contributed by atoms with E-state index in [0.29, 0.717) is 5.89 Å². The fourth-order valence-corrected chi connectivity index (χ4v) is 2.76. The molecule has 1 atom stereocenters. The fraction of sp³-hybridized carbons (Fsp3) is 0.529. The summed E-state index contributed by atoms with van der Waals surface area (Å²) in [5.74, 6) is 1.47. The molecule has 0 radical (unpaired) electrons. The van der Waals surface area contributed by atoms with Gasteiger partial charge < -0.3 is 10.3 Å². The second-order valence-electron chi connectivity index (χ2n) is 5.68. The fourth-order valence-electron chi connectivity index (χ4n) is 2.76. The van der Waals surface area contributed by atoms with E-state index >= 15 is 0 Å². The van der Waals surface area contributed by atoms with Crippen LogP contribution in [0.3, 0.4) is 0 Å². The van der Waals surface area contributed by atoms with Crippen molar-refractivity contribution in [2.75, 3.05) is 0 Å². The van der Waals surface area contributed by atoms with Crippen LogP contribution in [0, 0.1) is 0 Å². The van der Waals surface area contributed by atoms with Crippen LogP contribution < -0.4 is 5.73 Å². The van der Waals surface area contributed by atoms with Gasteiger partial charge in [0.2, 0.25) is 5.89 Å². The van der Waals surface area contributed by atoms with Crippen LogP contribution in [0.2, 0.25) is 0 Å². The highest BCUT2D eigenvalue weighted by atomic mass is 16.5. The van der Waals surface area contributed by atoms with E-state index in [1.807, 2.05) is 13.0 Å². The largest absolute Gasteiger partial charge is 0.339 e. The Bertz CT molecular complexity index is 544. The third kappa shape index (κ3) is 3.32. The highest BCUT2D eigenvalue weighted by molar-refractivity contribution is 5.32. The van der Waals surface area contributed by atoms with Crippen molar-refractivity contribution in [2.24, 2.45) is 5.73 Å². The first-order chi connectivity index (χ1) is 10.1. The maximum absolute atomic E-state index is 5.79. The molecular formula is C17H25N3O. The number of nitrogens with zero attached hydrogens (tertiary/aromatic N) is 2. The summed E-state index contributed by atoms with van der Waals surface area (Å²) in [6.07, 6.45) is 3.49. The minimum Gasteiger partial charge on any atom is -0.339 e. The molecule has 0 bridgehead atoms. The van der Waals surface area contributed by atoms with Crippen molar-refractivity contribution in [1.82, 2.24) is 10.1 Å². The molecule has 4 nitrogen and oxygen atoms in total. The number of benzene rings is 1. The van der Waals surface area contributed by atoms with Gasteiger partial charge in [-0.25, -0.2) is 0 Å². The standard InChI is InChI=1S/C17H25N3O/c1-4-17(5-2,14-9-7-6-8-10-14)16-19-15(21-20-16)12-11-13(3)18/h6-10,13H,4-5,11-12,18H2,1-3H3. The highest BCUT2D eigenvalue weighted by Gasteiger charge is 2.35. The van der Waals surface area contributed by atoms with Crippen LogP contribution >= 0.6 is 0 Å². The molecule has 4 heteroatoms. The van der Waals surface area contributed by atoms with Crippen LogP contribution in [0.1, 0.15) is 57.3 Å². The van der Waals surface area contributed by atoms with Gasteiger partial charge >= 0.3 is 0 Å². The van der Waals surface area contributed by atoms with Gasteiger partial charge in [0.1, 0.15) is 0 Å². The molecule has 0 aliphatic rings. The van der Waals surface area contributed by atoms with Crippen LogP contribution in [0.4, 0.5) is 0 Å². The molecule has 21 heavy (non-hydrogen) atoms. The van der Waals surface area contributed by atoms with E-state index in [1.165, 1.54) is 5.56 Å². The zero-order chi connectivity index (χ0) is 15.3. The molecule has 1 unspecified atom stereocenters. The molecule has 0 aliphatic carbocycles. The van der Waals surface area contributed by atoms with Crippen LogP contribution in [-0.2, 0) is 11.8 Å². The van der Waals surface area contributed by atoms with E-state index in [2.05, 4.69) is 48.3 Å². The molecule has 114 valence electrons. The summed E-state index contributed by atoms with van der Waals surface area (Å²) in [6, 6.07) is 10.6. The van der Waals surface area contributed by atoms with Gasteiger partial charge in [0.05, 0.1) is 5.41 Å². The average Bonchev–Trinajstić information content (AvgIpc) is 2.98. The molecule has 1 aromatic carbocycles. The van der Waals surface area contributed by atoms with Gasteiger partial charge in [-0.2, -0.15) is 4.98 Å². The first-order valence-corrected chi connectivity index (χ1v) is 7.76. The third-order valence-corrected chi connectivity index (χ3v) is 4.24. The maximum Gasteiger partial charge on any atom is 0.226 e. The van der Waals surface area contributed by atoms with Crippen molar-refractivity contribution in [3.63, 3.8) is 0 Å². The van der Waals surface area contributed by atoms with Crippen LogP contribution in [0.5, 0.6) is 0 Å². The number of aromatic nitrogens is 2. The number of nitrogens with two attached hydrogens (primary N) is 1. The van der Waals surface area contributed by atoms with E-state index < -0.39 is 0 Å².